The van der Waals surface area contributed by atoms with Crippen LogP contribution in [0.15, 0.2) is 47.7 Å². The van der Waals surface area contributed by atoms with Crippen molar-refractivity contribution in [3.8, 4) is 0 Å². The first-order valence-electron chi connectivity index (χ1n) is 10.1. The third-order valence-electron chi connectivity index (χ3n) is 5.19. The number of benzene rings is 1. The number of nitrogens with one attached hydrogen (secondary N) is 2. The summed E-state index contributed by atoms with van der Waals surface area (Å²) in [6, 6.07) is 10.1. The van der Waals surface area contributed by atoms with Crippen LogP contribution in [0.4, 0.5) is 0 Å². The smallest absolute Gasteiger partial charge is 0.191 e. The molecule has 0 saturated carbocycles. The van der Waals surface area contributed by atoms with Crippen molar-refractivity contribution in [2.24, 2.45) is 4.99 Å². The monoisotopic (exact) mass is 531 g/mol. The zero-order valence-electron chi connectivity index (χ0n) is 16.9. The van der Waals surface area contributed by atoms with Gasteiger partial charge in [0.2, 0.25) is 0 Å². The second kappa shape index (κ2) is 12.4. The van der Waals surface area contributed by atoms with Gasteiger partial charge in [0.05, 0.1) is 6.54 Å². The molecule has 2 N–H and O–H groups in total. The number of rotatable bonds is 8. The lowest BCUT2D eigenvalue weighted by atomic mass is 9.74. The Balaban J connectivity index is 0.00000300. The number of guanidine groups is 1. The van der Waals surface area contributed by atoms with Gasteiger partial charge in [0.25, 0.3) is 0 Å². The van der Waals surface area contributed by atoms with E-state index in [1.807, 2.05) is 35.3 Å². The first-order chi connectivity index (χ1) is 13.7. The Bertz CT molecular complexity index is 747. The fourth-order valence-electron chi connectivity index (χ4n) is 3.57. The maximum Gasteiger partial charge on any atom is 0.191 e. The Morgan fingerprint density at radius 3 is 2.79 bits per heavy atom. The van der Waals surface area contributed by atoms with Gasteiger partial charge in [-0.15, -0.1) is 24.0 Å². The van der Waals surface area contributed by atoms with Gasteiger partial charge in [-0.25, -0.2) is 0 Å². The Kier molecular flexibility index (Phi) is 10.2. The predicted octanol–water partition coefficient (Wildman–Crippen LogP) is 3.85. The molecule has 1 aliphatic rings. The van der Waals surface area contributed by atoms with Crippen molar-refractivity contribution in [2.75, 3.05) is 32.8 Å². The first kappa shape index (κ1) is 24.0. The van der Waals surface area contributed by atoms with Gasteiger partial charge in [0.15, 0.2) is 5.96 Å². The quantitative estimate of drug-likeness (QED) is 0.235. The standard InChI is InChI=1S/C21H30ClN5O.HI/c1-2-23-20(24-10-4-12-27-13-5-11-26-27)25-17-21(8-14-28-15-9-21)18-6-3-7-19(22)16-18;/h3,5-7,11,13,16H,2,4,8-10,12,14-15,17H2,1H3,(H2,23,24,25);1H. The van der Waals surface area contributed by atoms with Crippen LogP contribution < -0.4 is 10.6 Å². The van der Waals surface area contributed by atoms with E-state index in [4.69, 9.17) is 21.3 Å². The van der Waals surface area contributed by atoms with Gasteiger partial charge in [0.1, 0.15) is 0 Å². The minimum Gasteiger partial charge on any atom is -0.381 e. The van der Waals surface area contributed by atoms with E-state index in [1.54, 1.807) is 0 Å². The number of aromatic nitrogens is 2. The van der Waals surface area contributed by atoms with Gasteiger partial charge in [0, 0.05) is 55.7 Å². The van der Waals surface area contributed by atoms with Crippen LogP contribution in [0, 0.1) is 0 Å². The van der Waals surface area contributed by atoms with Crippen molar-refractivity contribution >= 4 is 41.5 Å². The molecule has 0 aliphatic carbocycles. The highest BCUT2D eigenvalue weighted by Gasteiger charge is 2.34. The molecule has 2 aromatic rings. The molecule has 0 unspecified atom stereocenters. The Morgan fingerprint density at radius 2 is 2.10 bits per heavy atom. The summed E-state index contributed by atoms with van der Waals surface area (Å²) in [5.74, 6) is 0.857. The fourth-order valence-corrected chi connectivity index (χ4v) is 3.76. The molecule has 160 valence electrons. The van der Waals surface area contributed by atoms with Crippen molar-refractivity contribution in [1.29, 1.82) is 0 Å². The molecule has 8 heteroatoms. The van der Waals surface area contributed by atoms with Crippen molar-refractivity contribution in [3.05, 3.63) is 53.3 Å². The summed E-state index contributed by atoms with van der Waals surface area (Å²) >= 11 is 6.27. The van der Waals surface area contributed by atoms with Gasteiger partial charge in [-0.05, 0) is 49.9 Å². The fraction of sp³-hybridized carbons (Fsp3) is 0.524. The highest BCUT2D eigenvalue weighted by molar-refractivity contribution is 14.0. The number of ether oxygens (including phenoxy) is 1. The molecule has 0 spiro atoms. The van der Waals surface area contributed by atoms with Crippen LogP contribution >= 0.6 is 35.6 Å². The average molecular weight is 532 g/mol. The van der Waals surface area contributed by atoms with Crippen molar-refractivity contribution < 1.29 is 4.74 Å². The van der Waals surface area contributed by atoms with E-state index in [2.05, 4.69) is 34.8 Å². The van der Waals surface area contributed by atoms with Gasteiger partial charge in [-0.3, -0.25) is 9.67 Å². The van der Waals surface area contributed by atoms with Crippen LogP contribution in [0.2, 0.25) is 5.02 Å². The SMILES string of the molecule is CCNC(=NCC1(c2cccc(Cl)c2)CCOCC1)NCCCn1cccn1.I. The molecule has 0 bridgehead atoms. The molecule has 2 heterocycles. The predicted molar refractivity (Wildman–Crippen MR) is 129 cm³/mol. The van der Waals surface area contributed by atoms with Gasteiger partial charge >= 0.3 is 0 Å². The van der Waals surface area contributed by atoms with Gasteiger partial charge in [-0.2, -0.15) is 5.10 Å². The van der Waals surface area contributed by atoms with Crippen LogP contribution in [-0.2, 0) is 16.7 Å². The van der Waals surface area contributed by atoms with Crippen molar-refractivity contribution in [3.63, 3.8) is 0 Å². The minimum absolute atomic E-state index is 0. The summed E-state index contributed by atoms with van der Waals surface area (Å²) in [4.78, 5) is 4.92. The Morgan fingerprint density at radius 1 is 1.28 bits per heavy atom. The molecule has 1 fully saturated rings. The number of hydrogen-bond acceptors (Lipinski definition) is 3. The molecule has 1 saturated heterocycles. The van der Waals surface area contributed by atoms with Crippen LogP contribution in [0.3, 0.4) is 0 Å². The molecule has 1 aliphatic heterocycles. The normalized spacial score (nSPS) is 16.1. The van der Waals surface area contributed by atoms with Gasteiger partial charge < -0.3 is 15.4 Å². The number of aryl methyl sites for hydroxylation is 1. The minimum atomic E-state index is -0.0272. The van der Waals surface area contributed by atoms with Crippen LogP contribution in [0.1, 0.15) is 31.7 Å². The molecule has 1 aromatic heterocycles. The van der Waals surface area contributed by atoms with Crippen molar-refractivity contribution in [2.45, 2.75) is 38.1 Å². The zero-order valence-corrected chi connectivity index (χ0v) is 20.0. The molecule has 3 rings (SSSR count). The molecule has 0 radical (unpaired) electrons. The number of hydrogen-bond donors (Lipinski definition) is 2. The average Bonchev–Trinajstić information content (AvgIpc) is 3.23. The highest BCUT2D eigenvalue weighted by atomic mass is 127. The number of halogens is 2. The summed E-state index contributed by atoms with van der Waals surface area (Å²) in [6.45, 7) is 6.89. The zero-order chi connectivity index (χ0) is 19.7. The molecular formula is C21H31ClIN5O. The van der Waals surface area contributed by atoms with E-state index in [9.17, 15) is 0 Å². The lowest BCUT2D eigenvalue weighted by Gasteiger charge is -2.36. The van der Waals surface area contributed by atoms with E-state index in [0.717, 1.165) is 63.1 Å². The van der Waals surface area contributed by atoms with E-state index in [-0.39, 0.29) is 29.4 Å². The van der Waals surface area contributed by atoms with E-state index < -0.39 is 0 Å². The summed E-state index contributed by atoms with van der Waals surface area (Å²) < 4.78 is 7.57. The lowest BCUT2D eigenvalue weighted by Crippen LogP contribution is -2.41. The summed E-state index contributed by atoms with van der Waals surface area (Å²) in [7, 11) is 0. The summed E-state index contributed by atoms with van der Waals surface area (Å²) in [6.07, 6.45) is 6.69. The number of aliphatic imine (C=N–C) groups is 1. The molecule has 0 atom stereocenters. The Hall–Kier alpha value is -1.32. The van der Waals surface area contributed by atoms with Crippen LogP contribution in [-0.4, -0.2) is 48.6 Å². The van der Waals surface area contributed by atoms with Crippen molar-refractivity contribution in [1.82, 2.24) is 20.4 Å². The molecule has 29 heavy (non-hydrogen) atoms. The van der Waals surface area contributed by atoms with Gasteiger partial charge in [-0.1, -0.05) is 23.7 Å². The summed E-state index contributed by atoms with van der Waals surface area (Å²) in [5.41, 5.74) is 1.22. The first-order valence-corrected chi connectivity index (χ1v) is 10.4. The van der Waals surface area contributed by atoms with E-state index >= 15 is 0 Å². The Labute approximate surface area is 195 Å². The molecular weight excluding hydrogens is 501 g/mol. The largest absolute Gasteiger partial charge is 0.381 e. The topological polar surface area (TPSA) is 63.5 Å². The molecule has 0 amide bonds. The van der Waals surface area contributed by atoms with E-state index in [0.29, 0.717) is 6.54 Å². The molecule has 1 aromatic carbocycles. The second-order valence-electron chi connectivity index (χ2n) is 7.15. The maximum atomic E-state index is 6.27. The highest BCUT2D eigenvalue weighted by Crippen LogP contribution is 2.36. The van der Waals surface area contributed by atoms with E-state index in [1.165, 1.54) is 5.56 Å². The maximum absolute atomic E-state index is 6.27. The third-order valence-corrected chi connectivity index (χ3v) is 5.42. The second-order valence-corrected chi connectivity index (χ2v) is 7.58. The number of nitrogens with zero attached hydrogens (tertiary/aromatic N) is 3. The van der Waals surface area contributed by atoms with Crippen LogP contribution in [0.5, 0.6) is 0 Å². The third kappa shape index (κ3) is 7.15. The lowest BCUT2D eigenvalue weighted by molar-refractivity contribution is 0.0531. The summed E-state index contributed by atoms with van der Waals surface area (Å²) in [5, 5.41) is 11.8. The molecule has 6 nitrogen and oxygen atoms in total. The van der Waals surface area contributed by atoms with Crippen LogP contribution in [0.25, 0.3) is 0 Å².